The molecule has 6 heteroatoms. The van der Waals surface area contributed by atoms with Gasteiger partial charge >= 0.3 is 0 Å². The Morgan fingerprint density at radius 2 is 1.90 bits per heavy atom. The van der Waals surface area contributed by atoms with Gasteiger partial charge in [0.2, 0.25) is 0 Å². The second-order valence-electron chi connectivity index (χ2n) is 4.54. The van der Waals surface area contributed by atoms with Crippen LogP contribution in [0.3, 0.4) is 0 Å². The van der Waals surface area contributed by atoms with Gasteiger partial charge in [-0.25, -0.2) is 4.39 Å². The van der Waals surface area contributed by atoms with Crippen molar-refractivity contribution in [2.24, 2.45) is 0 Å². The number of phenols is 1. The smallest absolute Gasteiger partial charge is 0.160 e. The fourth-order valence-electron chi connectivity index (χ4n) is 1.98. The summed E-state index contributed by atoms with van der Waals surface area (Å²) < 4.78 is 18.5. The number of phenolic OH excluding ortho intramolecular Hbond substituents is 1. The third kappa shape index (κ3) is 3.52. The lowest BCUT2D eigenvalue weighted by Crippen LogP contribution is -2.07. The fraction of sp³-hybridized carbons (Fsp3) is 0.200. The van der Waals surface area contributed by atoms with Crippen molar-refractivity contribution in [3.63, 3.8) is 0 Å². The van der Waals surface area contributed by atoms with Gasteiger partial charge in [-0.2, -0.15) is 0 Å². The molecule has 0 radical (unpaired) electrons. The Kier molecular flexibility index (Phi) is 4.80. The third-order valence-electron chi connectivity index (χ3n) is 3.07. The van der Waals surface area contributed by atoms with Crippen LogP contribution in [0.15, 0.2) is 30.3 Å². The molecule has 0 aliphatic heterocycles. The van der Waals surface area contributed by atoms with Crippen LogP contribution in [0.25, 0.3) is 0 Å². The maximum absolute atomic E-state index is 13.5. The molecule has 0 heterocycles. The summed E-state index contributed by atoms with van der Waals surface area (Å²) in [6, 6.07) is 7.31. The molecule has 112 valence electrons. The summed E-state index contributed by atoms with van der Waals surface area (Å²) in [6.07, 6.45) is 0. The van der Waals surface area contributed by atoms with Crippen LogP contribution in [0.4, 0.5) is 10.1 Å². The predicted octanol–water partition coefficient (Wildman–Crippen LogP) is 5.02. The minimum Gasteiger partial charge on any atom is -0.504 e. The van der Waals surface area contributed by atoms with Gasteiger partial charge in [0.1, 0.15) is 5.82 Å². The van der Waals surface area contributed by atoms with Crippen LogP contribution in [-0.2, 0) is 0 Å². The molecule has 0 bridgehead atoms. The molecular weight excluding hydrogens is 316 g/mol. The normalized spacial score (nSPS) is 12.0. The van der Waals surface area contributed by atoms with E-state index in [1.54, 1.807) is 12.1 Å². The van der Waals surface area contributed by atoms with Gasteiger partial charge in [-0.15, -0.1) is 0 Å². The Hall–Kier alpha value is -1.65. The van der Waals surface area contributed by atoms with Gasteiger partial charge in [-0.05, 0) is 36.8 Å². The highest BCUT2D eigenvalue weighted by atomic mass is 35.5. The van der Waals surface area contributed by atoms with Gasteiger partial charge in [-0.1, -0.05) is 23.2 Å². The number of hydrogen-bond donors (Lipinski definition) is 2. The largest absolute Gasteiger partial charge is 0.504 e. The van der Waals surface area contributed by atoms with Crippen molar-refractivity contribution in [3.8, 4) is 11.5 Å². The van der Waals surface area contributed by atoms with Gasteiger partial charge in [0.15, 0.2) is 11.5 Å². The van der Waals surface area contributed by atoms with Gasteiger partial charge in [0.25, 0.3) is 0 Å². The van der Waals surface area contributed by atoms with Gasteiger partial charge in [-0.3, -0.25) is 0 Å². The molecule has 1 atom stereocenters. The van der Waals surface area contributed by atoms with Crippen LogP contribution < -0.4 is 10.1 Å². The number of aromatic hydroxyl groups is 1. The number of rotatable bonds is 4. The fourth-order valence-corrected chi connectivity index (χ4v) is 2.52. The van der Waals surface area contributed by atoms with E-state index in [0.717, 1.165) is 0 Å². The first-order valence-electron chi connectivity index (χ1n) is 6.20. The molecule has 0 aliphatic carbocycles. The van der Waals surface area contributed by atoms with E-state index >= 15 is 0 Å². The van der Waals surface area contributed by atoms with Gasteiger partial charge in [0, 0.05) is 16.8 Å². The van der Waals surface area contributed by atoms with E-state index in [1.807, 2.05) is 6.92 Å². The molecule has 1 unspecified atom stereocenters. The molecule has 0 fully saturated rings. The van der Waals surface area contributed by atoms with Crippen molar-refractivity contribution >= 4 is 28.9 Å². The van der Waals surface area contributed by atoms with E-state index in [1.165, 1.54) is 25.3 Å². The van der Waals surface area contributed by atoms with Crippen molar-refractivity contribution in [1.29, 1.82) is 0 Å². The number of halogens is 3. The van der Waals surface area contributed by atoms with Gasteiger partial charge < -0.3 is 15.2 Å². The Morgan fingerprint density at radius 1 is 1.19 bits per heavy atom. The summed E-state index contributed by atoms with van der Waals surface area (Å²) in [5.41, 5.74) is 1.24. The Balaban J connectivity index is 2.23. The molecule has 2 aromatic rings. The summed E-state index contributed by atoms with van der Waals surface area (Å²) in [5.74, 6) is -0.130. The zero-order valence-corrected chi connectivity index (χ0v) is 13.0. The number of anilines is 1. The molecule has 0 aromatic heterocycles. The Labute approximate surface area is 132 Å². The van der Waals surface area contributed by atoms with E-state index in [2.05, 4.69) is 5.32 Å². The predicted molar refractivity (Wildman–Crippen MR) is 83.1 cm³/mol. The highest BCUT2D eigenvalue weighted by Crippen LogP contribution is 2.33. The van der Waals surface area contributed by atoms with Crippen molar-refractivity contribution in [2.75, 3.05) is 12.4 Å². The number of ether oxygens (including phenoxy) is 1. The maximum atomic E-state index is 13.5. The summed E-state index contributed by atoms with van der Waals surface area (Å²) in [5, 5.41) is 13.2. The van der Waals surface area contributed by atoms with E-state index in [4.69, 9.17) is 27.9 Å². The highest BCUT2D eigenvalue weighted by molar-refractivity contribution is 6.35. The SMILES string of the molecule is COc1ccc(NC(C)c2cc(F)c(Cl)cc2Cl)cc1O. The minimum atomic E-state index is -0.526. The van der Waals surface area contributed by atoms with E-state index in [0.29, 0.717) is 22.0 Å². The first-order chi connectivity index (χ1) is 9.92. The summed E-state index contributed by atoms with van der Waals surface area (Å²) in [7, 11) is 1.47. The zero-order valence-electron chi connectivity index (χ0n) is 11.5. The van der Waals surface area contributed by atoms with Crippen molar-refractivity contribution in [2.45, 2.75) is 13.0 Å². The molecule has 3 nitrogen and oxygen atoms in total. The topological polar surface area (TPSA) is 41.5 Å². The quantitative estimate of drug-likeness (QED) is 0.774. The summed E-state index contributed by atoms with van der Waals surface area (Å²) in [4.78, 5) is 0. The molecular formula is C15H14Cl2FNO2. The van der Waals surface area contributed by atoms with Crippen LogP contribution in [0, 0.1) is 5.82 Å². The average Bonchev–Trinajstić information content (AvgIpc) is 2.43. The third-order valence-corrected chi connectivity index (χ3v) is 3.69. The molecule has 2 aromatic carbocycles. The molecule has 0 spiro atoms. The first kappa shape index (κ1) is 15.7. The second-order valence-corrected chi connectivity index (χ2v) is 5.35. The van der Waals surface area contributed by atoms with E-state index < -0.39 is 5.82 Å². The maximum Gasteiger partial charge on any atom is 0.160 e. The van der Waals surface area contributed by atoms with Crippen molar-refractivity contribution < 1.29 is 14.2 Å². The Bertz CT molecular complexity index is 664. The highest BCUT2D eigenvalue weighted by Gasteiger charge is 2.14. The first-order valence-corrected chi connectivity index (χ1v) is 6.96. The zero-order chi connectivity index (χ0) is 15.6. The minimum absolute atomic E-state index is 0.0157. The van der Waals surface area contributed by atoms with Gasteiger partial charge in [0.05, 0.1) is 18.2 Å². The molecule has 2 N–H and O–H groups in total. The molecule has 0 amide bonds. The van der Waals surface area contributed by atoms with Crippen LogP contribution >= 0.6 is 23.2 Å². The number of methoxy groups -OCH3 is 1. The summed E-state index contributed by atoms with van der Waals surface area (Å²) >= 11 is 11.8. The van der Waals surface area contributed by atoms with Crippen molar-refractivity contribution in [1.82, 2.24) is 0 Å². The molecule has 21 heavy (non-hydrogen) atoms. The molecule has 0 saturated carbocycles. The standard InChI is InChI=1S/C15H14Cl2FNO2/c1-8(10-6-13(18)12(17)7-11(10)16)19-9-3-4-15(21-2)14(20)5-9/h3-8,19-20H,1-2H3. The summed E-state index contributed by atoms with van der Waals surface area (Å²) in [6.45, 7) is 1.83. The van der Waals surface area contributed by atoms with Crippen molar-refractivity contribution in [3.05, 3.63) is 51.8 Å². The number of hydrogen-bond acceptors (Lipinski definition) is 3. The monoisotopic (exact) mass is 329 g/mol. The Morgan fingerprint density at radius 3 is 2.52 bits per heavy atom. The van der Waals surface area contributed by atoms with Crippen LogP contribution in [0.1, 0.15) is 18.5 Å². The average molecular weight is 330 g/mol. The lowest BCUT2D eigenvalue weighted by Gasteiger charge is -2.18. The molecule has 0 saturated heterocycles. The van der Waals surface area contributed by atoms with E-state index in [-0.39, 0.29) is 16.8 Å². The molecule has 2 rings (SSSR count). The number of benzene rings is 2. The van der Waals surface area contributed by atoms with Crippen LogP contribution in [0.2, 0.25) is 10.0 Å². The molecule has 0 aliphatic rings. The number of nitrogens with one attached hydrogen (secondary N) is 1. The van der Waals surface area contributed by atoms with Crippen LogP contribution in [0.5, 0.6) is 11.5 Å². The van der Waals surface area contributed by atoms with Crippen LogP contribution in [-0.4, -0.2) is 12.2 Å². The lowest BCUT2D eigenvalue weighted by atomic mass is 10.1. The second kappa shape index (κ2) is 6.41. The van der Waals surface area contributed by atoms with E-state index in [9.17, 15) is 9.50 Å². The lowest BCUT2D eigenvalue weighted by molar-refractivity contribution is 0.373.